The van der Waals surface area contributed by atoms with Gasteiger partial charge in [0, 0.05) is 24.7 Å². The maximum atomic E-state index is 4.98. The van der Waals surface area contributed by atoms with Crippen molar-refractivity contribution in [2.75, 3.05) is 18.0 Å². The predicted octanol–water partition coefficient (Wildman–Crippen LogP) is 5.23. The van der Waals surface area contributed by atoms with E-state index >= 15 is 0 Å². The quantitative estimate of drug-likeness (QED) is 0.705. The summed E-state index contributed by atoms with van der Waals surface area (Å²) < 4.78 is 0. The molecule has 1 aromatic carbocycles. The van der Waals surface area contributed by atoms with Gasteiger partial charge in [-0.25, -0.2) is 9.97 Å². The van der Waals surface area contributed by atoms with Crippen LogP contribution in [0, 0.1) is 11.8 Å². The van der Waals surface area contributed by atoms with Crippen molar-refractivity contribution in [2.24, 2.45) is 11.8 Å². The molecular formula is C22H28N4. The molecular weight excluding hydrogens is 320 g/mol. The van der Waals surface area contributed by atoms with E-state index in [1.807, 2.05) is 6.07 Å². The molecule has 3 aromatic rings. The van der Waals surface area contributed by atoms with Gasteiger partial charge in [-0.2, -0.15) is 0 Å². The summed E-state index contributed by atoms with van der Waals surface area (Å²) in [5.74, 6) is 3.69. The van der Waals surface area contributed by atoms with Crippen LogP contribution in [0.1, 0.15) is 45.9 Å². The van der Waals surface area contributed by atoms with Gasteiger partial charge < -0.3 is 9.88 Å². The summed E-state index contributed by atoms with van der Waals surface area (Å²) in [6, 6.07) is 12.6. The Hall–Kier alpha value is -2.36. The molecule has 4 heteroatoms. The van der Waals surface area contributed by atoms with Crippen LogP contribution in [0.15, 0.2) is 36.4 Å². The third-order valence-corrected chi connectivity index (χ3v) is 5.25. The molecule has 0 aliphatic carbocycles. The summed E-state index contributed by atoms with van der Waals surface area (Å²) >= 11 is 0. The minimum atomic E-state index is 0.313. The first-order chi connectivity index (χ1) is 12.5. The first kappa shape index (κ1) is 17.1. The predicted molar refractivity (Wildman–Crippen MR) is 109 cm³/mol. The molecule has 4 rings (SSSR count). The van der Waals surface area contributed by atoms with Gasteiger partial charge in [0.05, 0.1) is 5.52 Å². The highest BCUT2D eigenvalue weighted by Gasteiger charge is 2.26. The molecule has 1 aliphatic heterocycles. The maximum Gasteiger partial charge on any atom is 0.156 e. The molecule has 1 aliphatic rings. The topological polar surface area (TPSA) is 44.8 Å². The standard InChI is InChI=1S/C22H28N4/c1-14(2)21-24-19-11-18(17-8-6-5-7-9-17)23-20(19)22(25-21)26-12-15(3)10-16(4)13-26/h5-9,11,14-16,23H,10,12-13H2,1-4H3. The average Bonchev–Trinajstić information content (AvgIpc) is 3.05. The molecule has 2 atom stereocenters. The molecule has 0 radical (unpaired) electrons. The molecule has 136 valence electrons. The third-order valence-electron chi connectivity index (χ3n) is 5.25. The van der Waals surface area contributed by atoms with Crippen molar-refractivity contribution in [3.8, 4) is 11.3 Å². The summed E-state index contributed by atoms with van der Waals surface area (Å²) in [6.07, 6.45) is 1.29. The zero-order valence-corrected chi connectivity index (χ0v) is 16.2. The fraction of sp³-hybridized carbons (Fsp3) is 0.455. The number of aromatic amines is 1. The number of nitrogens with one attached hydrogen (secondary N) is 1. The van der Waals surface area contributed by atoms with Crippen LogP contribution in [0.25, 0.3) is 22.3 Å². The molecule has 26 heavy (non-hydrogen) atoms. The van der Waals surface area contributed by atoms with Crippen molar-refractivity contribution in [2.45, 2.75) is 40.0 Å². The molecule has 0 amide bonds. The lowest BCUT2D eigenvalue weighted by molar-refractivity contribution is 0.355. The molecule has 1 N–H and O–H groups in total. The number of anilines is 1. The van der Waals surface area contributed by atoms with Crippen LogP contribution in [0.5, 0.6) is 0 Å². The van der Waals surface area contributed by atoms with Gasteiger partial charge in [-0.05, 0) is 29.9 Å². The van der Waals surface area contributed by atoms with Gasteiger partial charge in [-0.15, -0.1) is 0 Å². The van der Waals surface area contributed by atoms with E-state index in [1.165, 1.54) is 12.0 Å². The minimum Gasteiger partial charge on any atom is -0.354 e. The van der Waals surface area contributed by atoms with Gasteiger partial charge in [0.2, 0.25) is 0 Å². The van der Waals surface area contributed by atoms with Crippen molar-refractivity contribution < 1.29 is 0 Å². The molecule has 1 fully saturated rings. The van der Waals surface area contributed by atoms with E-state index in [0.29, 0.717) is 17.8 Å². The number of H-pyrrole nitrogens is 1. The average molecular weight is 348 g/mol. The number of nitrogens with zero attached hydrogens (tertiary/aromatic N) is 3. The second-order valence-electron chi connectivity index (χ2n) is 8.22. The van der Waals surface area contributed by atoms with Crippen LogP contribution < -0.4 is 4.90 Å². The Morgan fingerprint density at radius 3 is 2.38 bits per heavy atom. The van der Waals surface area contributed by atoms with Gasteiger partial charge in [-0.1, -0.05) is 58.0 Å². The number of piperidine rings is 1. The second kappa shape index (κ2) is 6.75. The number of rotatable bonds is 3. The van der Waals surface area contributed by atoms with E-state index in [2.05, 4.69) is 67.9 Å². The summed E-state index contributed by atoms with van der Waals surface area (Å²) in [5, 5.41) is 0. The Morgan fingerprint density at radius 1 is 1.04 bits per heavy atom. The highest BCUT2D eigenvalue weighted by Crippen LogP contribution is 2.33. The Kier molecular flexibility index (Phi) is 4.43. The van der Waals surface area contributed by atoms with Crippen LogP contribution in [0.2, 0.25) is 0 Å². The Morgan fingerprint density at radius 2 is 1.73 bits per heavy atom. The van der Waals surface area contributed by atoms with Crippen molar-refractivity contribution in [3.05, 3.63) is 42.2 Å². The fourth-order valence-corrected chi connectivity index (χ4v) is 4.11. The number of fused-ring (bicyclic) bond motifs is 1. The normalized spacial score (nSPS) is 20.9. The van der Waals surface area contributed by atoms with E-state index in [-0.39, 0.29) is 0 Å². The van der Waals surface area contributed by atoms with Gasteiger partial charge in [-0.3, -0.25) is 0 Å². The maximum absolute atomic E-state index is 4.98. The highest BCUT2D eigenvalue weighted by atomic mass is 15.2. The van der Waals surface area contributed by atoms with Crippen molar-refractivity contribution in [1.82, 2.24) is 15.0 Å². The summed E-state index contributed by atoms with van der Waals surface area (Å²) in [5.41, 5.74) is 4.37. The van der Waals surface area contributed by atoms with Crippen molar-refractivity contribution in [1.29, 1.82) is 0 Å². The van der Waals surface area contributed by atoms with E-state index in [9.17, 15) is 0 Å². The minimum absolute atomic E-state index is 0.313. The largest absolute Gasteiger partial charge is 0.354 e. The first-order valence-corrected chi connectivity index (χ1v) is 9.72. The summed E-state index contributed by atoms with van der Waals surface area (Å²) in [7, 11) is 0. The lowest BCUT2D eigenvalue weighted by Crippen LogP contribution is -2.39. The van der Waals surface area contributed by atoms with E-state index in [0.717, 1.165) is 41.5 Å². The molecule has 4 nitrogen and oxygen atoms in total. The lowest BCUT2D eigenvalue weighted by Gasteiger charge is -2.36. The number of hydrogen-bond acceptors (Lipinski definition) is 3. The molecule has 2 unspecified atom stereocenters. The smallest absolute Gasteiger partial charge is 0.156 e. The Bertz CT molecular complexity index is 887. The van der Waals surface area contributed by atoms with E-state index in [4.69, 9.17) is 9.97 Å². The number of benzene rings is 1. The molecule has 0 spiro atoms. The van der Waals surface area contributed by atoms with Crippen molar-refractivity contribution >= 4 is 16.9 Å². The van der Waals surface area contributed by atoms with Crippen molar-refractivity contribution in [3.63, 3.8) is 0 Å². The van der Waals surface area contributed by atoms with Gasteiger partial charge in [0.1, 0.15) is 11.3 Å². The number of aromatic nitrogens is 3. The SMILES string of the molecule is CC1CC(C)CN(c2nc(C(C)C)nc3cc(-c4ccccc4)[nH]c23)C1. The fourth-order valence-electron chi connectivity index (χ4n) is 4.11. The summed E-state index contributed by atoms with van der Waals surface area (Å²) in [4.78, 5) is 15.9. The van der Waals surface area contributed by atoms with Crippen LogP contribution in [0.4, 0.5) is 5.82 Å². The molecule has 2 aromatic heterocycles. The molecule has 1 saturated heterocycles. The van der Waals surface area contributed by atoms with Crippen LogP contribution >= 0.6 is 0 Å². The highest BCUT2D eigenvalue weighted by molar-refractivity contribution is 5.91. The van der Waals surface area contributed by atoms with E-state index < -0.39 is 0 Å². The Balaban J connectivity index is 1.85. The van der Waals surface area contributed by atoms with Gasteiger partial charge in [0.15, 0.2) is 5.82 Å². The zero-order valence-electron chi connectivity index (χ0n) is 16.2. The van der Waals surface area contributed by atoms with Gasteiger partial charge in [0.25, 0.3) is 0 Å². The Labute approximate surface area is 155 Å². The van der Waals surface area contributed by atoms with Crippen LogP contribution in [0.3, 0.4) is 0 Å². The third kappa shape index (κ3) is 3.20. The summed E-state index contributed by atoms with van der Waals surface area (Å²) in [6.45, 7) is 11.1. The molecule has 0 saturated carbocycles. The second-order valence-corrected chi connectivity index (χ2v) is 8.22. The zero-order chi connectivity index (χ0) is 18.3. The lowest BCUT2D eigenvalue weighted by atomic mass is 9.92. The molecule has 0 bridgehead atoms. The van der Waals surface area contributed by atoms with Gasteiger partial charge >= 0.3 is 0 Å². The van der Waals surface area contributed by atoms with E-state index in [1.54, 1.807) is 0 Å². The monoisotopic (exact) mass is 348 g/mol. The number of hydrogen-bond donors (Lipinski definition) is 1. The van der Waals surface area contributed by atoms with Crippen LogP contribution in [-0.4, -0.2) is 28.0 Å². The molecule has 3 heterocycles. The van der Waals surface area contributed by atoms with Crippen LogP contribution in [-0.2, 0) is 0 Å². The first-order valence-electron chi connectivity index (χ1n) is 9.72.